The molecule has 3 heteroatoms. The number of thiophene rings is 1. The van der Waals surface area contributed by atoms with Gasteiger partial charge in [0.1, 0.15) is 0 Å². The second-order valence-electron chi connectivity index (χ2n) is 4.81. The Morgan fingerprint density at radius 2 is 2.40 bits per heavy atom. The van der Waals surface area contributed by atoms with Gasteiger partial charge in [-0.05, 0) is 42.8 Å². The van der Waals surface area contributed by atoms with Crippen LogP contribution in [0.25, 0.3) is 0 Å². The normalized spacial score (nSPS) is 21.7. The van der Waals surface area contributed by atoms with E-state index in [-0.39, 0.29) is 0 Å². The Morgan fingerprint density at radius 1 is 1.53 bits per heavy atom. The molecule has 0 saturated heterocycles. The van der Waals surface area contributed by atoms with E-state index in [4.69, 9.17) is 0 Å². The highest BCUT2D eigenvalue weighted by Gasteiger charge is 2.22. The van der Waals surface area contributed by atoms with Crippen LogP contribution in [-0.2, 0) is 19.5 Å². The fourth-order valence-corrected chi connectivity index (χ4v) is 3.39. The van der Waals surface area contributed by atoms with Crippen LogP contribution in [0.3, 0.4) is 0 Å². The van der Waals surface area contributed by atoms with Crippen LogP contribution in [0.5, 0.6) is 0 Å². The fourth-order valence-electron chi connectivity index (χ4n) is 2.21. The number of hydrogen-bond donors (Lipinski definition) is 1. The Bertz CT molecular complexity index is 355. The molecule has 82 valence electrons. The molecule has 15 heavy (non-hydrogen) atoms. The molecule has 2 nitrogen and oxygen atoms in total. The first kappa shape index (κ1) is 9.82. The molecule has 2 aliphatic rings. The van der Waals surface area contributed by atoms with Crippen molar-refractivity contribution in [1.29, 1.82) is 0 Å². The molecule has 0 unspecified atom stereocenters. The van der Waals surface area contributed by atoms with Crippen molar-refractivity contribution in [3.05, 3.63) is 21.4 Å². The third-order valence-electron chi connectivity index (χ3n) is 3.38. The zero-order valence-electron chi connectivity index (χ0n) is 9.25. The van der Waals surface area contributed by atoms with Gasteiger partial charge in [0.05, 0.1) is 0 Å². The van der Waals surface area contributed by atoms with Gasteiger partial charge in [-0.25, -0.2) is 0 Å². The standard InChI is InChI=1S/C12H18N2S/c1-14-5-4-11-9(6-13-10-2-3-10)8-15-12(11)7-14/h8,10,13H,2-7H2,1H3. The molecule has 1 aromatic rings. The Kier molecular flexibility index (Phi) is 2.54. The van der Waals surface area contributed by atoms with Crippen LogP contribution in [0.2, 0.25) is 0 Å². The summed E-state index contributed by atoms with van der Waals surface area (Å²) in [7, 11) is 2.21. The van der Waals surface area contributed by atoms with Crippen LogP contribution in [-0.4, -0.2) is 24.5 Å². The minimum atomic E-state index is 0.826. The second kappa shape index (κ2) is 3.89. The molecular formula is C12H18N2S. The van der Waals surface area contributed by atoms with Gasteiger partial charge < -0.3 is 10.2 Å². The average Bonchev–Trinajstić information content (AvgIpc) is 2.97. The summed E-state index contributed by atoms with van der Waals surface area (Å²) in [5.74, 6) is 0. The van der Waals surface area contributed by atoms with E-state index < -0.39 is 0 Å². The number of fused-ring (bicyclic) bond motifs is 1. The number of rotatable bonds is 3. The minimum absolute atomic E-state index is 0.826. The Hall–Kier alpha value is -0.380. The zero-order chi connectivity index (χ0) is 10.3. The molecule has 1 aliphatic heterocycles. The van der Waals surface area contributed by atoms with E-state index in [1.54, 1.807) is 16.0 Å². The summed E-state index contributed by atoms with van der Waals surface area (Å²) in [5.41, 5.74) is 3.21. The summed E-state index contributed by atoms with van der Waals surface area (Å²) in [6, 6.07) is 0.826. The van der Waals surface area contributed by atoms with Crippen molar-refractivity contribution in [2.75, 3.05) is 13.6 Å². The Labute approximate surface area is 95.3 Å². The molecule has 0 amide bonds. The van der Waals surface area contributed by atoms with Gasteiger partial charge in [0.25, 0.3) is 0 Å². The van der Waals surface area contributed by atoms with Crippen molar-refractivity contribution in [3.63, 3.8) is 0 Å². The van der Waals surface area contributed by atoms with Crippen molar-refractivity contribution in [1.82, 2.24) is 10.2 Å². The van der Waals surface area contributed by atoms with Crippen LogP contribution >= 0.6 is 11.3 Å². The molecule has 3 rings (SSSR count). The van der Waals surface area contributed by atoms with Gasteiger partial charge in [-0.3, -0.25) is 0 Å². The van der Waals surface area contributed by atoms with E-state index in [0.29, 0.717) is 0 Å². The van der Waals surface area contributed by atoms with Crippen LogP contribution < -0.4 is 5.32 Å². The van der Waals surface area contributed by atoms with Crippen molar-refractivity contribution >= 4 is 11.3 Å². The Morgan fingerprint density at radius 3 is 3.20 bits per heavy atom. The molecule has 0 spiro atoms. The fraction of sp³-hybridized carbons (Fsp3) is 0.667. The van der Waals surface area contributed by atoms with Gasteiger partial charge in [-0.2, -0.15) is 0 Å². The predicted molar refractivity (Wildman–Crippen MR) is 64.2 cm³/mol. The summed E-state index contributed by atoms with van der Waals surface area (Å²) >= 11 is 1.95. The first-order chi connectivity index (χ1) is 7.33. The lowest BCUT2D eigenvalue weighted by Crippen LogP contribution is -2.26. The molecule has 0 aromatic carbocycles. The first-order valence-electron chi connectivity index (χ1n) is 5.83. The monoisotopic (exact) mass is 222 g/mol. The van der Waals surface area contributed by atoms with Crippen LogP contribution in [0, 0.1) is 0 Å². The third kappa shape index (κ3) is 2.10. The van der Waals surface area contributed by atoms with Crippen molar-refractivity contribution in [3.8, 4) is 0 Å². The van der Waals surface area contributed by atoms with E-state index in [2.05, 4.69) is 22.6 Å². The molecular weight excluding hydrogens is 204 g/mol. The van der Waals surface area contributed by atoms with Crippen LogP contribution in [0.1, 0.15) is 28.8 Å². The van der Waals surface area contributed by atoms with Gasteiger partial charge in [0, 0.05) is 30.6 Å². The summed E-state index contributed by atoms with van der Waals surface area (Å²) in [6.45, 7) is 3.48. The highest BCUT2D eigenvalue weighted by molar-refractivity contribution is 7.10. The maximum absolute atomic E-state index is 3.61. The van der Waals surface area contributed by atoms with Crippen molar-refractivity contribution in [2.24, 2.45) is 0 Å². The van der Waals surface area contributed by atoms with E-state index in [1.165, 1.54) is 25.8 Å². The lowest BCUT2D eigenvalue weighted by Gasteiger charge is -2.23. The molecule has 1 fully saturated rings. The Balaban J connectivity index is 1.72. The summed E-state index contributed by atoms with van der Waals surface area (Å²) in [6.07, 6.45) is 4.02. The first-order valence-corrected chi connectivity index (χ1v) is 6.71. The highest BCUT2D eigenvalue weighted by Crippen LogP contribution is 2.29. The van der Waals surface area contributed by atoms with Crippen LogP contribution in [0.4, 0.5) is 0 Å². The predicted octanol–water partition coefficient (Wildman–Crippen LogP) is 1.99. The minimum Gasteiger partial charge on any atom is -0.310 e. The SMILES string of the molecule is CN1CCc2c(CNC3CC3)csc2C1. The lowest BCUT2D eigenvalue weighted by molar-refractivity contribution is 0.316. The molecule has 1 N–H and O–H groups in total. The van der Waals surface area contributed by atoms with E-state index >= 15 is 0 Å². The van der Waals surface area contributed by atoms with Gasteiger partial charge in [0.2, 0.25) is 0 Å². The number of likely N-dealkylation sites (N-methyl/N-ethyl adjacent to an activating group) is 1. The topological polar surface area (TPSA) is 15.3 Å². The van der Waals surface area contributed by atoms with Gasteiger partial charge >= 0.3 is 0 Å². The van der Waals surface area contributed by atoms with Crippen LogP contribution in [0.15, 0.2) is 5.38 Å². The molecule has 0 radical (unpaired) electrons. The lowest BCUT2D eigenvalue weighted by atomic mass is 10.0. The second-order valence-corrected chi connectivity index (χ2v) is 5.77. The molecule has 1 saturated carbocycles. The van der Waals surface area contributed by atoms with Gasteiger partial charge in [0.15, 0.2) is 0 Å². The molecule has 0 bridgehead atoms. The highest BCUT2D eigenvalue weighted by atomic mass is 32.1. The zero-order valence-corrected chi connectivity index (χ0v) is 10.1. The number of hydrogen-bond acceptors (Lipinski definition) is 3. The molecule has 1 aromatic heterocycles. The van der Waals surface area contributed by atoms with E-state index in [9.17, 15) is 0 Å². The smallest absolute Gasteiger partial charge is 0.0327 e. The maximum Gasteiger partial charge on any atom is 0.0327 e. The largest absolute Gasteiger partial charge is 0.310 e. The van der Waals surface area contributed by atoms with E-state index in [1.807, 2.05) is 11.3 Å². The van der Waals surface area contributed by atoms with Crippen molar-refractivity contribution in [2.45, 2.75) is 38.4 Å². The summed E-state index contributed by atoms with van der Waals surface area (Å²) < 4.78 is 0. The van der Waals surface area contributed by atoms with Gasteiger partial charge in [-0.15, -0.1) is 11.3 Å². The van der Waals surface area contributed by atoms with Crippen molar-refractivity contribution < 1.29 is 0 Å². The molecule has 1 aliphatic carbocycles. The molecule has 2 heterocycles. The number of nitrogens with zero attached hydrogens (tertiary/aromatic N) is 1. The third-order valence-corrected chi connectivity index (χ3v) is 4.45. The summed E-state index contributed by atoms with van der Waals surface area (Å²) in [4.78, 5) is 4.01. The summed E-state index contributed by atoms with van der Waals surface area (Å²) in [5, 5.41) is 5.97. The average molecular weight is 222 g/mol. The number of nitrogens with one attached hydrogen (secondary N) is 1. The molecule has 0 atom stereocenters. The quantitative estimate of drug-likeness (QED) is 0.841. The van der Waals surface area contributed by atoms with Gasteiger partial charge in [-0.1, -0.05) is 0 Å². The maximum atomic E-state index is 3.61. The van der Waals surface area contributed by atoms with E-state index in [0.717, 1.165) is 19.1 Å².